The Morgan fingerprint density at radius 2 is 1.81 bits per heavy atom. The molecule has 2 heterocycles. The fourth-order valence-corrected chi connectivity index (χ4v) is 6.82. The molecule has 250 valence electrons. The molecule has 1 aromatic heterocycles. The number of hydrogen-bond donors (Lipinski definition) is 0. The van der Waals surface area contributed by atoms with E-state index in [9.17, 15) is 22.4 Å². The molecule has 1 saturated carbocycles. The molecule has 1 aliphatic heterocycles. The first-order chi connectivity index (χ1) is 22.9. The zero-order valence-electron chi connectivity index (χ0n) is 26.3. The zero-order chi connectivity index (χ0) is 34.0. The normalized spacial score (nSPS) is 18.0. The molecule has 0 N–H and O–H groups in total. The van der Waals surface area contributed by atoms with Gasteiger partial charge in [-0.2, -0.15) is 4.99 Å². The quantitative estimate of drug-likeness (QED) is 0.0992. The Morgan fingerprint density at radius 1 is 1.08 bits per heavy atom. The highest BCUT2D eigenvalue weighted by Gasteiger charge is 2.41. The highest BCUT2D eigenvalue weighted by molar-refractivity contribution is 8.17. The number of anilines is 1. The second-order valence-corrected chi connectivity index (χ2v) is 14.0. The van der Waals surface area contributed by atoms with Crippen molar-refractivity contribution in [2.24, 2.45) is 9.98 Å². The van der Waals surface area contributed by atoms with E-state index in [1.54, 1.807) is 11.8 Å². The lowest BCUT2D eigenvalue weighted by atomic mass is 9.99. The Hall–Kier alpha value is -4.17. The average Bonchev–Trinajstić information content (AvgIpc) is 3.63. The van der Waals surface area contributed by atoms with Gasteiger partial charge in [-0.25, -0.2) is 14.1 Å². The molecule has 3 aromatic carbocycles. The summed E-state index contributed by atoms with van der Waals surface area (Å²) in [6.45, 7) is 6.48. The van der Waals surface area contributed by atoms with Gasteiger partial charge in [0.1, 0.15) is 12.1 Å². The molecule has 2 aliphatic rings. The molecule has 48 heavy (non-hydrogen) atoms. The summed E-state index contributed by atoms with van der Waals surface area (Å²) in [6.07, 6.45) is -0.512. The number of nitrogens with zero attached hydrogens (tertiary/aromatic N) is 6. The molecule has 1 aliphatic carbocycles. The smallest absolute Gasteiger partial charge is 0.406 e. The summed E-state index contributed by atoms with van der Waals surface area (Å²) >= 11 is 2.38. The van der Waals surface area contributed by atoms with Crippen LogP contribution < -0.4 is 9.64 Å². The molecule has 1 unspecified atom stereocenters. The second kappa shape index (κ2) is 14.1. The maximum Gasteiger partial charge on any atom is 0.573 e. The number of aliphatic imine (C=N–C) groups is 2. The van der Waals surface area contributed by atoms with E-state index < -0.39 is 17.8 Å². The molecule has 8 nitrogen and oxygen atoms in total. The van der Waals surface area contributed by atoms with E-state index >= 15 is 0 Å². The van der Waals surface area contributed by atoms with Gasteiger partial charge in [0, 0.05) is 17.4 Å². The number of aromatic nitrogens is 3. The van der Waals surface area contributed by atoms with E-state index in [2.05, 4.69) is 14.8 Å². The van der Waals surface area contributed by atoms with Gasteiger partial charge in [0.15, 0.2) is 16.2 Å². The first-order valence-corrected chi connectivity index (χ1v) is 17.1. The number of alkyl halides is 4. The highest BCUT2D eigenvalue weighted by Crippen LogP contribution is 2.39. The van der Waals surface area contributed by atoms with Crippen LogP contribution in [0.1, 0.15) is 49.3 Å². The van der Waals surface area contributed by atoms with E-state index in [4.69, 9.17) is 9.98 Å². The zero-order valence-corrected chi connectivity index (χ0v) is 27.9. The van der Waals surface area contributed by atoms with Crippen molar-refractivity contribution in [1.29, 1.82) is 0 Å². The molecule has 1 saturated heterocycles. The number of hydrogen-bond acceptors (Lipinski definition) is 7. The van der Waals surface area contributed by atoms with E-state index in [1.165, 1.54) is 40.2 Å². The second-order valence-electron chi connectivity index (χ2n) is 11.7. The summed E-state index contributed by atoms with van der Waals surface area (Å²) in [5, 5.41) is 5.70. The molecule has 0 radical (unpaired) electrons. The third-order valence-electron chi connectivity index (χ3n) is 7.54. The summed E-state index contributed by atoms with van der Waals surface area (Å²) in [4.78, 5) is 28.3. The van der Waals surface area contributed by atoms with Crippen molar-refractivity contribution in [2.75, 3.05) is 11.4 Å². The van der Waals surface area contributed by atoms with Crippen LogP contribution in [0.15, 0.2) is 83.0 Å². The van der Waals surface area contributed by atoms with Crippen LogP contribution in [0.4, 0.5) is 23.2 Å². The maximum absolute atomic E-state index is 14.8. The third kappa shape index (κ3) is 8.27. The number of amidine groups is 2. The van der Waals surface area contributed by atoms with Gasteiger partial charge in [0.05, 0.1) is 11.4 Å². The van der Waals surface area contributed by atoms with Gasteiger partial charge < -0.3 is 4.74 Å². The van der Waals surface area contributed by atoms with Crippen molar-refractivity contribution in [3.8, 4) is 22.8 Å². The number of carbonyl (C=O) groups is 1. The lowest BCUT2D eigenvalue weighted by molar-refractivity contribution is -0.274. The first kappa shape index (κ1) is 33.7. The molecule has 4 aromatic rings. The Balaban J connectivity index is 1.14. The summed E-state index contributed by atoms with van der Waals surface area (Å²) in [5.74, 6) is -0.354. The monoisotopic (exact) mass is 696 g/mol. The van der Waals surface area contributed by atoms with Gasteiger partial charge >= 0.3 is 6.36 Å². The predicted octanol–water partition coefficient (Wildman–Crippen LogP) is 8.49. The van der Waals surface area contributed by atoms with Gasteiger partial charge in [-0.3, -0.25) is 14.7 Å². The number of benzene rings is 3. The summed E-state index contributed by atoms with van der Waals surface area (Å²) in [7, 11) is 0. The standard InChI is InChI=1S/C34H32F4N6O2S2/c1-20(2)27-15-4-21(3)18-28(27)44-31(45)29(35)48-33(44)41-32(47-26-13-14-26)39-17-16-22-5-7-23(8-6-22)30-40-19-43(42-30)24-9-11-25(12-10-24)46-34(36,37)38/h4-12,15,18-20,26,29H,13-14,16-17H2,1-3H3. The number of aryl methyl sites for hydroxylation is 1. The number of thioether (sulfide) groups is 2. The number of carbonyl (C=O) groups excluding carboxylic acids is 1. The van der Waals surface area contributed by atoms with Crippen molar-refractivity contribution in [3.05, 3.63) is 89.7 Å². The van der Waals surface area contributed by atoms with Crippen molar-refractivity contribution in [2.45, 2.75) is 63.1 Å². The molecular formula is C34H32F4N6O2S2. The SMILES string of the molecule is Cc1ccc(C(C)C)c(N2C(=O)C(F)SC2=NC(=NCCc2ccc(-c3ncn(-c4ccc(OC(F)(F)F)cc4)n3)cc2)SC2CC2)c1. The van der Waals surface area contributed by atoms with Crippen LogP contribution in [-0.2, 0) is 11.2 Å². The lowest BCUT2D eigenvalue weighted by Gasteiger charge is -2.22. The van der Waals surface area contributed by atoms with Crippen LogP contribution >= 0.6 is 23.5 Å². The topological polar surface area (TPSA) is 85.0 Å². The van der Waals surface area contributed by atoms with Crippen molar-refractivity contribution < 1.29 is 27.1 Å². The number of ether oxygens (including phenoxy) is 1. The Bertz CT molecular complexity index is 1840. The molecule has 1 atom stereocenters. The highest BCUT2D eigenvalue weighted by atomic mass is 32.2. The lowest BCUT2D eigenvalue weighted by Crippen LogP contribution is -2.32. The Morgan fingerprint density at radius 3 is 2.48 bits per heavy atom. The van der Waals surface area contributed by atoms with Crippen LogP contribution in [0.3, 0.4) is 0 Å². The molecule has 14 heteroatoms. The van der Waals surface area contributed by atoms with Gasteiger partial charge in [0.25, 0.3) is 5.91 Å². The minimum atomic E-state index is -4.76. The van der Waals surface area contributed by atoms with E-state index in [1.807, 2.05) is 63.2 Å². The fourth-order valence-electron chi connectivity index (χ4n) is 4.96. The molecular weight excluding hydrogens is 665 g/mol. The van der Waals surface area contributed by atoms with Crippen molar-refractivity contribution >= 4 is 45.5 Å². The molecule has 6 rings (SSSR count). The summed E-state index contributed by atoms with van der Waals surface area (Å²) in [5.41, 5.74) is 3.19. The van der Waals surface area contributed by atoms with E-state index in [0.717, 1.165) is 46.9 Å². The van der Waals surface area contributed by atoms with Crippen LogP contribution in [0.2, 0.25) is 0 Å². The number of amides is 1. The largest absolute Gasteiger partial charge is 0.573 e. The Labute approximate surface area is 283 Å². The summed E-state index contributed by atoms with van der Waals surface area (Å²) in [6, 6.07) is 19.0. The molecule has 2 fully saturated rings. The van der Waals surface area contributed by atoms with Gasteiger partial charge in [-0.15, -0.1) is 18.3 Å². The minimum Gasteiger partial charge on any atom is -0.406 e. The average molecular weight is 697 g/mol. The van der Waals surface area contributed by atoms with Crippen LogP contribution in [0.5, 0.6) is 5.75 Å². The van der Waals surface area contributed by atoms with E-state index in [0.29, 0.717) is 45.7 Å². The maximum atomic E-state index is 14.8. The minimum absolute atomic E-state index is 0.132. The number of rotatable bonds is 9. The molecule has 1 amide bonds. The van der Waals surface area contributed by atoms with Crippen LogP contribution in [0, 0.1) is 6.92 Å². The van der Waals surface area contributed by atoms with Gasteiger partial charge in [-0.05, 0) is 90.9 Å². The van der Waals surface area contributed by atoms with Crippen molar-refractivity contribution in [1.82, 2.24) is 14.8 Å². The van der Waals surface area contributed by atoms with Crippen LogP contribution in [-0.4, -0.2) is 54.7 Å². The molecule has 0 bridgehead atoms. The summed E-state index contributed by atoms with van der Waals surface area (Å²) < 4.78 is 57.6. The third-order valence-corrected chi connectivity index (χ3v) is 9.67. The van der Waals surface area contributed by atoms with Gasteiger partial charge in [0.2, 0.25) is 5.50 Å². The Kier molecular flexibility index (Phi) is 9.93. The fraction of sp³-hybridized carbons (Fsp3) is 0.324. The van der Waals surface area contributed by atoms with Gasteiger partial charge in [-0.1, -0.05) is 62.0 Å². The van der Waals surface area contributed by atoms with Crippen LogP contribution in [0.25, 0.3) is 17.1 Å². The predicted molar refractivity (Wildman–Crippen MR) is 183 cm³/mol. The molecule has 0 spiro atoms. The van der Waals surface area contributed by atoms with Crippen molar-refractivity contribution in [3.63, 3.8) is 0 Å². The first-order valence-electron chi connectivity index (χ1n) is 15.4. The van der Waals surface area contributed by atoms with E-state index in [-0.39, 0.29) is 11.7 Å². The number of halogens is 4.